The summed E-state index contributed by atoms with van der Waals surface area (Å²) in [6, 6.07) is 51.6. The monoisotopic (exact) mass is 1910 g/mol. The zero-order valence-electron chi connectivity index (χ0n) is 77.2. The van der Waals surface area contributed by atoms with E-state index in [9.17, 15) is 56.7 Å². The van der Waals surface area contributed by atoms with Crippen molar-refractivity contribution in [3.8, 4) is 91.9 Å². The number of rotatable bonds is 14. The van der Waals surface area contributed by atoms with Gasteiger partial charge in [-0.3, -0.25) is 4.98 Å². The van der Waals surface area contributed by atoms with Gasteiger partial charge in [-0.15, -0.1) is 37.5 Å². The van der Waals surface area contributed by atoms with Gasteiger partial charge < -0.3 is 8.92 Å². The van der Waals surface area contributed by atoms with E-state index in [-0.39, 0.29) is 90.6 Å². The van der Waals surface area contributed by atoms with Crippen LogP contribution in [0.25, 0.3) is 56.4 Å². The van der Waals surface area contributed by atoms with Crippen LogP contribution in [0.15, 0.2) is 200 Å². The molecule has 0 radical (unpaired) electrons. The van der Waals surface area contributed by atoms with E-state index in [0.29, 0.717) is 42.0 Å². The highest BCUT2D eigenvalue weighted by Crippen LogP contribution is 2.74. The summed E-state index contributed by atoms with van der Waals surface area (Å²) >= 11 is 0. The van der Waals surface area contributed by atoms with Crippen molar-refractivity contribution in [2.24, 2.45) is 21.7 Å². The number of benzene rings is 5. The Morgan fingerprint density at radius 1 is 0.406 bits per heavy atom. The van der Waals surface area contributed by atoms with E-state index in [0.717, 1.165) is 130 Å². The first-order valence-corrected chi connectivity index (χ1v) is 50.2. The largest absolute Gasteiger partial charge is 0.534 e. The van der Waals surface area contributed by atoms with Gasteiger partial charge >= 0.3 is 15.6 Å². The summed E-state index contributed by atoms with van der Waals surface area (Å²) in [5, 5.41) is 43.8. The molecule has 8 aliphatic carbocycles. The Balaban J connectivity index is 0.000000118. The Labute approximate surface area is 791 Å². The Bertz CT molecular complexity index is 7450. The highest BCUT2D eigenvalue weighted by molar-refractivity contribution is 7.88. The van der Waals surface area contributed by atoms with E-state index in [4.69, 9.17) is 26.1 Å². The second-order valence-electron chi connectivity index (χ2n) is 39.8. The fraction of sp³-hybridized carbons (Fsp3) is 0.321. The van der Waals surface area contributed by atoms with Crippen LogP contribution in [-0.2, 0) is 38.3 Å². The molecule has 0 saturated heterocycles. The average molecular weight is 1910 g/mol. The number of pyridine rings is 4. The van der Waals surface area contributed by atoms with Crippen molar-refractivity contribution in [1.29, 1.82) is 0 Å². The van der Waals surface area contributed by atoms with Crippen molar-refractivity contribution in [1.82, 2.24) is 75.7 Å². The van der Waals surface area contributed by atoms with E-state index in [1.54, 1.807) is 23.9 Å². The zero-order chi connectivity index (χ0) is 97.7. The third kappa shape index (κ3) is 14.7. The average Bonchev–Trinajstić information content (AvgIpc) is 1.53. The third-order valence-corrected chi connectivity index (χ3v) is 32.5. The zero-order valence-corrected chi connectivity index (χ0v) is 79.0. The highest BCUT2D eigenvalue weighted by Gasteiger charge is 2.69. The smallest absolute Gasteiger partial charge is 0.497 e. The minimum atomic E-state index is -5.90. The summed E-state index contributed by atoms with van der Waals surface area (Å²) in [7, 11) is -5.78. The number of methoxy groups -OCH3 is 1. The van der Waals surface area contributed by atoms with Gasteiger partial charge in [0.25, 0.3) is 0 Å². The first kappa shape index (κ1) is 93.3. The normalized spacial score (nSPS) is 22.2. The van der Waals surface area contributed by atoms with Gasteiger partial charge in [-0.1, -0.05) is 153 Å². The molecule has 8 atom stereocenters. The van der Waals surface area contributed by atoms with Gasteiger partial charge in [0.1, 0.15) is 77.4 Å². The van der Waals surface area contributed by atoms with Gasteiger partial charge in [-0.25, -0.2) is 54.8 Å². The molecule has 8 aliphatic rings. The number of nitrogens with zero attached hydrogens (tertiary/aromatic N) is 15. The van der Waals surface area contributed by atoms with Gasteiger partial charge in [0.05, 0.1) is 138 Å². The molecule has 32 heteroatoms. The molecule has 0 N–H and O–H groups in total. The fourth-order valence-corrected chi connectivity index (χ4v) is 24.8. The summed E-state index contributed by atoms with van der Waals surface area (Å²) in [5.74, 6) is 1.06. The molecule has 0 aliphatic heterocycles. The van der Waals surface area contributed by atoms with Crippen molar-refractivity contribution >= 4 is 18.2 Å². The Morgan fingerprint density at radius 2 is 0.732 bits per heavy atom. The third-order valence-electron chi connectivity index (χ3n) is 30.6. The van der Waals surface area contributed by atoms with Crippen LogP contribution >= 0.6 is 0 Å². The SMILES string of the molecule is C#Cc1cccc([C@@]23CC[C@@H](c4cc(-c5c(F)cccc5F)nnc42)C3(C)C)n1.CC1(C)[C@H]2CC[C@]1(c1cccc(C#C[Si](C)(C)C)n1)c1nnc(-c3c(F)cccc3F)cc12.CC1(C)[C@H]2CC[C@]1(c1cccc(OS(=O)(=O)C(F)(F)F)n1)c1nnc(-c3c(F)cccc3F)cc12.COc1ccc(Cn2cc(-c3cccc([C@@]45CC[C@@H](c6cc(-c7c(F)cccc7F)nnc64)C5(C)C)n3)nn2)cc1. The molecular weight excluding hydrogens is 1820 g/mol. The predicted octanol–water partition coefficient (Wildman–Crippen LogP) is 22.8. The van der Waals surface area contributed by atoms with Gasteiger partial charge in [-0.05, 0) is 252 Å². The van der Waals surface area contributed by atoms with E-state index in [1.165, 1.54) is 66.7 Å². The van der Waals surface area contributed by atoms with Gasteiger partial charge in [-0.2, -0.15) is 42.0 Å². The first-order valence-electron chi connectivity index (χ1n) is 45.3. The number of hydrogen-bond acceptors (Lipinski definition) is 18. The Kier molecular flexibility index (Phi) is 22.9. The summed E-state index contributed by atoms with van der Waals surface area (Å²) < 4.78 is 188. The van der Waals surface area contributed by atoms with Crippen molar-refractivity contribution in [3.05, 3.63) is 332 Å². The topological polar surface area (TPSA) is 238 Å². The highest BCUT2D eigenvalue weighted by atomic mass is 32.2. The molecular formula is C106H92F11N15O4SSi. The summed E-state index contributed by atoms with van der Waals surface area (Å²) in [5.41, 5.74) is 8.10. The van der Waals surface area contributed by atoms with Crippen LogP contribution in [0.4, 0.5) is 48.3 Å². The number of hydrogen-bond donors (Lipinski definition) is 0. The summed E-state index contributed by atoms with van der Waals surface area (Å²) in [6.07, 6.45) is 14.2. The molecule has 22 rings (SSSR count). The standard InChI is InChI=1S/C32H28F2N6O.C27H27F2N3Si.C24H19F2N3.C23H18F5N3O3S/c1-31(2)22-14-15-32(31,30-21(22)16-26(36-38-30)29-23(33)6-4-7-24(29)34)28-9-5-8-25(35-28)27-18-40(39-37-27)17-19-10-12-20(41-3)13-11-19;1-26(2)19-12-14-27(26,23-11-6-8-17(30-23)13-15-33(3,4)5)25-18(19)16-22(31-32-25)24-20(28)9-7-10-21(24)29;1-4-14-7-5-10-20(27-14)24-12-11-16(23(24,2)3)15-13-19(28-29-22(15)24)21-17(25)8-6-9-18(21)26;1-21(2)13-9-10-22(21,17-7-4-8-18(29-17)34-35(32,33)23(26,27)28)20-12(13)11-16(30-31-20)19-14(24)5-3-6-15(19)25/h4-13,16,18,22H,14-15,17H2,1-3H3;6-11,16,19H,12,14H2,1-5H3;1,5-10,13,16H,11-12H2,2-3H3;3-8,11,13H,9-10H2,1-2H3/t22-,32-;19-,27-;16-,24-;13-,22-/m0000/s1. The molecule has 5 aromatic carbocycles. The van der Waals surface area contributed by atoms with Crippen molar-refractivity contribution < 1.29 is 65.6 Å². The fourth-order valence-electron chi connectivity index (χ4n) is 23.9. The summed E-state index contributed by atoms with van der Waals surface area (Å²) in [6.45, 7) is 24.5. The number of halogens is 11. The molecule has 19 nitrogen and oxygen atoms in total. The Morgan fingerprint density at radius 3 is 1.08 bits per heavy atom. The van der Waals surface area contributed by atoms with Crippen molar-refractivity contribution in [2.75, 3.05) is 7.11 Å². The molecule has 702 valence electrons. The maximum atomic E-state index is 14.6. The quantitative estimate of drug-likeness (QED) is 0.0323. The van der Waals surface area contributed by atoms with Crippen LogP contribution in [-0.4, -0.2) is 105 Å². The summed E-state index contributed by atoms with van der Waals surface area (Å²) in [4.78, 5) is 19.0. The molecule has 9 heterocycles. The molecule has 0 unspecified atom stereocenters. The number of aromatic nitrogens is 15. The lowest BCUT2D eigenvalue weighted by Gasteiger charge is -2.37. The number of fused-ring (bicyclic) bond motifs is 20. The first-order chi connectivity index (χ1) is 65.5. The van der Waals surface area contributed by atoms with Crippen LogP contribution < -0.4 is 8.92 Å². The van der Waals surface area contributed by atoms with Gasteiger partial charge in [0.15, 0.2) is 0 Å². The maximum absolute atomic E-state index is 14.6. The van der Waals surface area contributed by atoms with Crippen LogP contribution in [0.1, 0.15) is 215 Å². The molecule has 9 aromatic heterocycles. The molecule has 4 fully saturated rings. The van der Waals surface area contributed by atoms with E-state index in [1.807, 2.05) is 111 Å². The molecule has 14 aromatic rings. The lowest BCUT2D eigenvalue weighted by Crippen LogP contribution is -2.38. The van der Waals surface area contributed by atoms with Crippen LogP contribution in [0.5, 0.6) is 11.6 Å². The lowest BCUT2D eigenvalue weighted by atomic mass is 9.66. The second-order valence-corrected chi connectivity index (χ2v) is 46.0. The molecule has 0 spiro atoms. The minimum absolute atomic E-state index is 0.0270. The lowest BCUT2D eigenvalue weighted by molar-refractivity contribution is -0.0501. The van der Waals surface area contributed by atoms with Crippen molar-refractivity contribution in [3.63, 3.8) is 0 Å². The number of ether oxygens (including phenoxy) is 1. The van der Waals surface area contributed by atoms with Crippen LogP contribution in [0, 0.1) is 92.0 Å². The maximum Gasteiger partial charge on any atom is 0.534 e. The molecule has 8 bridgehead atoms. The van der Waals surface area contributed by atoms with Crippen LogP contribution in [0.3, 0.4) is 0 Å². The van der Waals surface area contributed by atoms with E-state index in [2.05, 4.69) is 145 Å². The van der Waals surface area contributed by atoms with Gasteiger partial charge in [0.2, 0.25) is 5.88 Å². The predicted molar refractivity (Wildman–Crippen MR) is 498 cm³/mol. The second kappa shape index (κ2) is 33.9. The van der Waals surface area contributed by atoms with Crippen LogP contribution in [0.2, 0.25) is 19.6 Å². The van der Waals surface area contributed by atoms with Gasteiger partial charge in [0, 0.05) is 6.07 Å². The van der Waals surface area contributed by atoms with Crippen molar-refractivity contribution in [2.45, 2.75) is 184 Å². The van der Waals surface area contributed by atoms with E-state index < -0.39 is 103 Å². The minimum Gasteiger partial charge on any atom is -0.497 e. The molecule has 0 amide bonds. The number of terminal acetylenes is 1. The van der Waals surface area contributed by atoms with E-state index >= 15 is 0 Å². The molecule has 138 heavy (non-hydrogen) atoms. The Hall–Kier alpha value is -13.7. The molecule has 4 saturated carbocycles. The number of alkyl halides is 3.